The Labute approximate surface area is 92.2 Å². The van der Waals surface area contributed by atoms with E-state index < -0.39 is 0 Å². The summed E-state index contributed by atoms with van der Waals surface area (Å²) in [5.74, 6) is 0. The Balaban J connectivity index is 2.12. The molecule has 0 aliphatic carbocycles. The van der Waals surface area contributed by atoms with Crippen molar-refractivity contribution in [2.75, 3.05) is 13.1 Å². The number of hydrogen-bond donors (Lipinski definition) is 1. The van der Waals surface area contributed by atoms with Gasteiger partial charge in [0.05, 0.1) is 0 Å². The highest BCUT2D eigenvalue weighted by Gasteiger charge is 2.04. The van der Waals surface area contributed by atoms with Crippen molar-refractivity contribution < 1.29 is 0 Å². The summed E-state index contributed by atoms with van der Waals surface area (Å²) in [5.41, 5.74) is 4.35. The smallest absolute Gasteiger partial charge is 0.0140 e. The second-order valence-electron chi connectivity index (χ2n) is 4.13. The molecular formula is C14H19N. The van der Waals surface area contributed by atoms with Gasteiger partial charge in [-0.2, -0.15) is 0 Å². The van der Waals surface area contributed by atoms with Crippen molar-refractivity contribution in [1.29, 1.82) is 0 Å². The van der Waals surface area contributed by atoms with E-state index in [9.17, 15) is 0 Å². The minimum atomic E-state index is 1.02. The summed E-state index contributed by atoms with van der Waals surface area (Å²) in [6.07, 6.45) is 5.89. The second-order valence-corrected chi connectivity index (χ2v) is 4.13. The zero-order chi connectivity index (χ0) is 10.5. The highest BCUT2D eigenvalue weighted by Crippen LogP contribution is 2.20. The topological polar surface area (TPSA) is 12.0 Å². The van der Waals surface area contributed by atoms with Gasteiger partial charge in [0.25, 0.3) is 0 Å². The van der Waals surface area contributed by atoms with E-state index in [1.54, 1.807) is 0 Å². The minimum absolute atomic E-state index is 1.02. The Hall–Kier alpha value is -1.08. The molecule has 1 aliphatic heterocycles. The maximum atomic E-state index is 3.34. The lowest BCUT2D eigenvalue weighted by Gasteiger charge is -2.14. The molecule has 1 aliphatic rings. The van der Waals surface area contributed by atoms with Crippen LogP contribution in [0.15, 0.2) is 30.3 Å². The van der Waals surface area contributed by atoms with E-state index in [1.165, 1.54) is 29.5 Å². The van der Waals surface area contributed by atoms with Crippen LogP contribution in [-0.4, -0.2) is 13.1 Å². The van der Waals surface area contributed by atoms with Crippen LogP contribution in [0.25, 0.3) is 5.57 Å². The van der Waals surface area contributed by atoms with E-state index in [-0.39, 0.29) is 0 Å². The molecule has 1 aromatic rings. The van der Waals surface area contributed by atoms with Crippen LogP contribution in [0.1, 0.15) is 30.9 Å². The van der Waals surface area contributed by atoms with Crippen LogP contribution in [0.5, 0.6) is 0 Å². The average molecular weight is 201 g/mol. The summed E-state index contributed by atoms with van der Waals surface area (Å²) in [7, 11) is 0. The van der Waals surface area contributed by atoms with Gasteiger partial charge >= 0.3 is 0 Å². The lowest BCUT2D eigenvalue weighted by Crippen LogP contribution is -2.19. The van der Waals surface area contributed by atoms with Gasteiger partial charge in [-0.3, -0.25) is 0 Å². The number of nitrogens with one attached hydrogen (secondary N) is 1. The first-order valence-electron chi connectivity index (χ1n) is 5.89. The van der Waals surface area contributed by atoms with Crippen LogP contribution < -0.4 is 5.32 Å². The zero-order valence-corrected chi connectivity index (χ0v) is 9.42. The van der Waals surface area contributed by atoms with Gasteiger partial charge in [-0.15, -0.1) is 0 Å². The maximum Gasteiger partial charge on any atom is 0.0140 e. The average Bonchev–Trinajstić information content (AvgIpc) is 2.32. The Morgan fingerprint density at radius 1 is 1.20 bits per heavy atom. The molecule has 1 heterocycles. The summed E-state index contributed by atoms with van der Waals surface area (Å²) in [6, 6.07) is 9.06. The third-order valence-electron chi connectivity index (χ3n) is 2.93. The molecule has 1 nitrogen and oxygen atoms in total. The van der Waals surface area contributed by atoms with Crippen LogP contribution in [0, 0.1) is 0 Å². The van der Waals surface area contributed by atoms with E-state index in [0.717, 1.165) is 19.5 Å². The monoisotopic (exact) mass is 201 g/mol. The maximum absolute atomic E-state index is 3.34. The van der Waals surface area contributed by atoms with Gasteiger partial charge in [-0.1, -0.05) is 43.7 Å². The van der Waals surface area contributed by atoms with Crippen molar-refractivity contribution in [2.45, 2.75) is 26.2 Å². The highest BCUT2D eigenvalue weighted by atomic mass is 14.8. The van der Waals surface area contributed by atoms with Crippen LogP contribution in [-0.2, 0) is 6.42 Å². The molecule has 0 aromatic heterocycles. The number of rotatable bonds is 3. The summed E-state index contributed by atoms with van der Waals surface area (Å²) >= 11 is 0. The predicted octanol–water partition coefficient (Wildman–Crippen LogP) is 3.02. The Bertz CT molecular complexity index is 335. The molecular weight excluding hydrogens is 182 g/mol. The molecule has 1 N–H and O–H groups in total. The molecule has 2 rings (SSSR count). The summed E-state index contributed by atoms with van der Waals surface area (Å²) < 4.78 is 0. The van der Waals surface area contributed by atoms with Gasteiger partial charge in [0.1, 0.15) is 0 Å². The summed E-state index contributed by atoms with van der Waals surface area (Å²) in [5, 5.41) is 3.34. The molecule has 0 bridgehead atoms. The van der Waals surface area contributed by atoms with Crippen molar-refractivity contribution in [3.05, 3.63) is 41.5 Å². The molecule has 0 fully saturated rings. The molecule has 0 saturated heterocycles. The molecule has 15 heavy (non-hydrogen) atoms. The fourth-order valence-electron chi connectivity index (χ4n) is 2.06. The van der Waals surface area contributed by atoms with Gasteiger partial charge in [-0.05, 0) is 36.1 Å². The standard InChI is InChI=1S/C14H19N/c1-2-3-12-4-6-13(7-5-12)14-8-10-15-11-9-14/h4-8,15H,2-3,9-11H2,1H3. The summed E-state index contributed by atoms with van der Waals surface area (Å²) in [6.45, 7) is 4.36. The lowest BCUT2D eigenvalue weighted by molar-refractivity contribution is 0.738. The molecule has 0 spiro atoms. The van der Waals surface area contributed by atoms with Gasteiger partial charge in [0.2, 0.25) is 0 Å². The number of hydrogen-bond acceptors (Lipinski definition) is 1. The molecule has 1 heteroatoms. The Morgan fingerprint density at radius 2 is 2.00 bits per heavy atom. The van der Waals surface area contributed by atoms with Gasteiger partial charge in [0.15, 0.2) is 0 Å². The molecule has 0 amide bonds. The van der Waals surface area contributed by atoms with E-state index in [0.29, 0.717) is 0 Å². The Kier molecular flexibility index (Phi) is 3.57. The molecule has 0 atom stereocenters. The van der Waals surface area contributed by atoms with Crippen molar-refractivity contribution in [1.82, 2.24) is 5.32 Å². The molecule has 0 saturated carbocycles. The quantitative estimate of drug-likeness (QED) is 0.792. The fraction of sp³-hybridized carbons (Fsp3) is 0.429. The van der Waals surface area contributed by atoms with E-state index in [1.807, 2.05) is 0 Å². The SMILES string of the molecule is CCCc1ccc(C2=CCNCC2)cc1. The molecule has 1 aromatic carbocycles. The van der Waals surface area contributed by atoms with Gasteiger partial charge < -0.3 is 5.32 Å². The second kappa shape index (κ2) is 5.13. The predicted molar refractivity (Wildman–Crippen MR) is 65.9 cm³/mol. The summed E-state index contributed by atoms with van der Waals surface area (Å²) in [4.78, 5) is 0. The van der Waals surface area contributed by atoms with E-state index in [2.05, 4.69) is 42.6 Å². The molecule has 80 valence electrons. The van der Waals surface area contributed by atoms with Crippen LogP contribution >= 0.6 is 0 Å². The number of aryl methyl sites for hydroxylation is 1. The van der Waals surface area contributed by atoms with Crippen molar-refractivity contribution in [2.24, 2.45) is 0 Å². The minimum Gasteiger partial charge on any atom is -0.313 e. The first-order chi connectivity index (χ1) is 7.40. The lowest BCUT2D eigenvalue weighted by atomic mass is 9.98. The van der Waals surface area contributed by atoms with Crippen molar-refractivity contribution in [3.63, 3.8) is 0 Å². The van der Waals surface area contributed by atoms with E-state index in [4.69, 9.17) is 0 Å². The Morgan fingerprint density at radius 3 is 2.60 bits per heavy atom. The molecule has 0 radical (unpaired) electrons. The normalized spacial score (nSPS) is 16.2. The van der Waals surface area contributed by atoms with E-state index >= 15 is 0 Å². The third kappa shape index (κ3) is 2.69. The fourth-order valence-corrected chi connectivity index (χ4v) is 2.06. The first kappa shape index (κ1) is 10.4. The zero-order valence-electron chi connectivity index (χ0n) is 9.42. The van der Waals surface area contributed by atoms with Crippen LogP contribution in [0.4, 0.5) is 0 Å². The van der Waals surface area contributed by atoms with Crippen molar-refractivity contribution >= 4 is 5.57 Å². The largest absolute Gasteiger partial charge is 0.313 e. The third-order valence-corrected chi connectivity index (χ3v) is 2.93. The van der Waals surface area contributed by atoms with Gasteiger partial charge in [0, 0.05) is 6.54 Å². The first-order valence-corrected chi connectivity index (χ1v) is 5.89. The van der Waals surface area contributed by atoms with Crippen LogP contribution in [0.2, 0.25) is 0 Å². The van der Waals surface area contributed by atoms with Crippen LogP contribution in [0.3, 0.4) is 0 Å². The van der Waals surface area contributed by atoms with Gasteiger partial charge in [-0.25, -0.2) is 0 Å². The van der Waals surface area contributed by atoms with Crippen molar-refractivity contribution in [3.8, 4) is 0 Å². The highest BCUT2D eigenvalue weighted by molar-refractivity contribution is 5.66. The molecule has 0 unspecified atom stereocenters. The number of benzene rings is 1.